The van der Waals surface area contributed by atoms with Gasteiger partial charge in [0.05, 0.1) is 0 Å². The van der Waals surface area contributed by atoms with Gasteiger partial charge in [0.25, 0.3) is 0 Å². The van der Waals surface area contributed by atoms with Gasteiger partial charge in [-0.25, -0.2) is 0 Å². The number of nitrogens with zero attached hydrogens (tertiary/aromatic N) is 1. The number of benzene rings is 1. The lowest BCUT2D eigenvalue weighted by atomic mass is 10.1. The molecule has 0 spiro atoms. The van der Waals surface area contributed by atoms with Crippen LogP contribution >= 0.6 is 0 Å². The van der Waals surface area contributed by atoms with E-state index >= 15 is 0 Å². The van der Waals surface area contributed by atoms with Crippen LogP contribution in [0.4, 0.5) is 0 Å². The Kier molecular flexibility index (Phi) is 2.13. The molecule has 1 heterocycles. The van der Waals surface area contributed by atoms with Gasteiger partial charge in [-0.2, -0.15) is 0 Å². The molecule has 3 rings (SSSR count). The number of carbonyl (C=O) groups is 1. The fraction of sp³-hybridized carbons (Fsp3) is 0.462. The number of carbonyl (C=O) groups excluding carboxylic acids is 1. The Balaban J connectivity index is 1.81. The third kappa shape index (κ3) is 1.39. The van der Waals surface area contributed by atoms with Crippen LogP contribution < -0.4 is 0 Å². The second-order valence-corrected chi connectivity index (χ2v) is 4.76. The Hall–Kier alpha value is -1.51. The standard InChI is InChI=1S/C13H15NO2/c15-12-4-2-1-3-10(12)8-14-11-6-5-9(7-11)13(14)16/h1-4,9,11,15H,5-8H2. The van der Waals surface area contributed by atoms with E-state index in [4.69, 9.17) is 0 Å². The monoisotopic (exact) mass is 217 g/mol. The minimum absolute atomic E-state index is 0.260. The fourth-order valence-electron chi connectivity index (χ4n) is 2.91. The third-order valence-electron chi connectivity index (χ3n) is 3.81. The van der Waals surface area contributed by atoms with Crippen molar-refractivity contribution in [2.75, 3.05) is 0 Å². The number of hydrogen-bond acceptors (Lipinski definition) is 2. The molecule has 2 unspecified atom stereocenters. The van der Waals surface area contributed by atoms with E-state index in [1.807, 2.05) is 17.0 Å². The lowest BCUT2D eigenvalue weighted by Gasteiger charge is -2.27. The first-order valence-corrected chi connectivity index (χ1v) is 5.83. The van der Waals surface area contributed by atoms with Gasteiger partial charge in [-0.1, -0.05) is 18.2 Å². The van der Waals surface area contributed by atoms with Crippen LogP contribution in [0.25, 0.3) is 0 Å². The topological polar surface area (TPSA) is 40.5 Å². The van der Waals surface area contributed by atoms with E-state index in [0.29, 0.717) is 12.6 Å². The van der Waals surface area contributed by atoms with Crippen molar-refractivity contribution in [2.24, 2.45) is 5.92 Å². The fourth-order valence-corrected chi connectivity index (χ4v) is 2.91. The number of likely N-dealkylation sites (tertiary alicyclic amines) is 1. The molecule has 1 aromatic rings. The predicted molar refractivity (Wildman–Crippen MR) is 59.8 cm³/mol. The van der Waals surface area contributed by atoms with Crippen molar-refractivity contribution in [3.8, 4) is 5.75 Å². The summed E-state index contributed by atoms with van der Waals surface area (Å²) in [6, 6.07) is 7.67. The van der Waals surface area contributed by atoms with Crippen molar-refractivity contribution in [1.29, 1.82) is 0 Å². The van der Waals surface area contributed by atoms with Crippen LogP contribution in [-0.2, 0) is 11.3 Å². The van der Waals surface area contributed by atoms with Gasteiger partial charge in [-0.3, -0.25) is 4.79 Å². The quantitative estimate of drug-likeness (QED) is 0.822. The summed E-state index contributed by atoms with van der Waals surface area (Å²) < 4.78 is 0. The van der Waals surface area contributed by atoms with Crippen molar-refractivity contribution < 1.29 is 9.90 Å². The van der Waals surface area contributed by atoms with Crippen molar-refractivity contribution in [2.45, 2.75) is 31.8 Å². The van der Waals surface area contributed by atoms with E-state index < -0.39 is 0 Å². The number of para-hydroxylation sites is 1. The summed E-state index contributed by atoms with van der Waals surface area (Å²) in [7, 11) is 0. The van der Waals surface area contributed by atoms with Crippen molar-refractivity contribution in [3.63, 3.8) is 0 Å². The Morgan fingerprint density at radius 3 is 2.81 bits per heavy atom. The third-order valence-corrected chi connectivity index (χ3v) is 3.81. The molecule has 1 saturated heterocycles. The van der Waals surface area contributed by atoms with Crippen molar-refractivity contribution >= 4 is 5.91 Å². The molecule has 0 radical (unpaired) electrons. The van der Waals surface area contributed by atoms with Crippen LogP contribution in [0.3, 0.4) is 0 Å². The van der Waals surface area contributed by atoms with Crippen molar-refractivity contribution in [3.05, 3.63) is 29.8 Å². The summed E-state index contributed by atoms with van der Waals surface area (Å²) >= 11 is 0. The van der Waals surface area contributed by atoms with E-state index in [1.165, 1.54) is 0 Å². The zero-order valence-corrected chi connectivity index (χ0v) is 9.10. The van der Waals surface area contributed by atoms with Gasteiger partial charge in [0, 0.05) is 24.1 Å². The number of hydrogen-bond donors (Lipinski definition) is 1. The molecule has 1 aliphatic carbocycles. The maximum atomic E-state index is 11.9. The van der Waals surface area contributed by atoms with Crippen LogP contribution in [0.2, 0.25) is 0 Å². The van der Waals surface area contributed by atoms with Crippen LogP contribution in [0.1, 0.15) is 24.8 Å². The second-order valence-electron chi connectivity index (χ2n) is 4.76. The average molecular weight is 217 g/mol. The average Bonchev–Trinajstić information content (AvgIpc) is 2.85. The van der Waals surface area contributed by atoms with Crippen molar-refractivity contribution in [1.82, 2.24) is 4.90 Å². The van der Waals surface area contributed by atoms with Gasteiger partial charge in [-0.05, 0) is 25.3 Å². The first kappa shape index (κ1) is 9.70. The molecular weight excluding hydrogens is 202 g/mol. The van der Waals surface area contributed by atoms with Crippen LogP contribution in [-0.4, -0.2) is 22.0 Å². The Labute approximate surface area is 94.7 Å². The first-order valence-electron chi connectivity index (χ1n) is 5.83. The smallest absolute Gasteiger partial charge is 0.226 e. The number of fused-ring (bicyclic) bond motifs is 2. The lowest BCUT2D eigenvalue weighted by Crippen LogP contribution is -2.36. The first-order chi connectivity index (χ1) is 7.75. The molecule has 3 heteroatoms. The highest BCUT2D eigenvalue weighted by Crippen LogP contribution is 2.39. The number of phenolic OH excluding ortho intramolecular Hbond substituents is 1. The largest absolute Gasteiger partial charge is 0.508 e. The molecule has 1 N–H and O–H groups in total. The zero-order valence-electron chi connectivity index (χ0n) is 9.10. The van der Waals surface area contributed by atoms with Gasteiger partial charge in [0.15, 0.2) is 0 Å². The summed E-state index contributed by atoms with van der Waals surface area (Å²) in [5.41, 5.74) is 0.850. The molecular formula is C13H15NO2. The molecule has 16 heavy (non-hydrogen) atoms. The minimum Gasteiger partial charge on any atom is -0.508 e. The van der Waals surface area contributed by atoms with Gasteiger partial charge < -0.3 is 10.0 Å². The highest BCUT2D eigenvalue weighted by atomic mass is 16.3. The molecule has 1 amide bonds. The highest BCUT2D eigenvalue weighted by molar-refractivity contribution is 5.82. The SMILES string of the molecule is O=C1C2CCC(C2)N1Cc1ccccc1O. The summed E-state index contributed by atoms with van der Waals surface area (Å²) in [5, 5.41) is 9.69. The maximum Gasteiger partial charge on any atom is 0.226 e. The summed E-state index contributed by atoms with van der Waals surface area (Å²) in [6.07, 6.45) is 3.21. The van der Waals surface area contributed by atoms with Gasteiger partial charge in [0.2, 0.25) is 5.91 Å². The maximum absolute atomic E-state index is 11.9. The van der Waals surface area contributed by atoms with Crippen LogP contribution in [0, 0.1) is 5.92 Å². The highest BCUT2D eigenvalue weighted by Gasteiger charge is 2.44. The number of rotatable bonds is 2. The van der Waals surface area contributed by atoms with Crippen LogP contribution in [0.5, 0.6) is 5.75 Å². The molecule has 84 valence electrons. The molecule has 2 atom stereocenters. The Morgan fingerprint density at radius 2 is 2.12 bits per heavy atom. The number of aromatic hydroxyl groups is 1. The Morgan fingerprint density at radius 1 is 1.31 bits per heavy atom. The van der Waals surface area contributed by atoms with Crippen LogP contribution in [0.15, 0.2) is 24.3 Å². The number of piperidine rings is 1. The van der Waals surface area contributed by atoms with E-state index in [9.17, 15) is 9.90 Å². The van der Waals surface area contributed by atoms with Gasteiger partial charge in [0.1, 0.15) is 5.75 Å². The van der Waals surface area contributed by atoms with E-state index in [2.05, 4.69) is 0 Å². The number of amides is 1. The number of phenols is 1. The molecule has 1 aliphatic heterocycles. The van der Waals surface area contributed by atoms with E-state index in [0.717, 1.165) is 24.8 Å². The lowest BCUT2D eigenvalue weighted by molar-refractivity contribution is -0.134. The van der Waals surface area contributed by atoms with E-state index in [-0.39, 0.29) is 17.6 Å². The second kappa shape index (κ2) is 3.51. The summed E-state index contributed by atoms with van der Waals surface area (Å²) in [6.45, 7) is 0.562. The summed E-state index contributed by atoms with van der Waals surface area (Å²) in [5.74, 6) is 0.827. The minimum atomic E-state index is 0.260. The van der Waals surface area contributed by atoms with E-state index in [1.54, 1.807) is 12.1 Å². The molecule has 3 nitrogen and oxygen atoms in total. The molecule has 1 aromatic carbocycles. The molecule has 1 saturated carbocycles. The zero-order chi connectivity index (χ0) is 11.1. The molecule has 2 fully saturated rings. The molecule has 0 aromatic heterocycles. The predicted octanol–water partition coefficient (Wildman–Crippen LogP) is 1.90. The summed E-state index contributed by atoms with van der Waals surface area (Å²) in [4.78, 5) is 13.9. The normalized spacial score (nSPS) is 27.8. The molecule has 2 bridgehead atoms. The van der Waals surface area contributed by atoms with Gasteiger partial charge >= 0.3 is 0 Å². The van der Waals surface area contributed by atoms with Gasteiger partial charge in [-0.15, -0.1) is 0 Å². The Bertz CT molecular complexity index is 430. The molecule has 2 aliphatic rings.